The monoisotopic (exact) mass is 392 g/mol. The average Bonchev–Trinajstić information content (AvgIpc) is 3.26. The molecule has 4 rings (SSSR count). The van der Waals surface area contributed by atoms with Gasteiger partial charge in [-0.2, -0.15) is 28.2 Å². The molecule has 0 aliphatic carbocycles. The van der Waals surface area contributed by atoms with Gasteiger partial charge in [-0.25, -0.2) is 9.48 Å². The van der Waals surface area contributed by atoms with Crippen molar-refractivity contribution in [2.75, 3.05) is 18.4 Å². The fraction of sp³-hybridized carbons (Fsp3) is 0.312. The number of hydrogen-bond acceptors (Lipinski definition) is 5. The smallest absolute Gasteiger partial charge is 0.320 e. The van der Waals surface area contributed by atoms with Crippen LogP contribution in [0.3, 0.4) is 0 Å². The number of benzene rings is 1. The highest BCUT2D eigenvalue weighted by atomic mass is 19.4. The number of anilines is 1. The molecular weight excluding hydrogens is 377 g/mol. The fourth-order valence-corrected chi connectivity index (χ4v) is 2.77. The second kappa shape index (κ2) is 6.94. The maximum atomic E-state index is 12.6. The van der Waals surface area contributed by atoms with Crippen LogP contribution in [0.5, 0.6) is 0 Å². The third kappa shape index (κ3) is 3.80. The third-order valence-corrected chi connectivity index (χ3v) is 4.31. The minimum absolute atomic E-state index is 0.00909. The number of amides is 2. The lowest BCUT2D eigenvalue weighted by atomic mass is 10.1. The number of nitrogens with zero attached hydrogens (tertiary/aromatic N) is 7. The van der Waals surface area contributed by atoms with Crippen LogP contribution in [0, 0.1) is 0 Å². The molecule has 2 amide bonds. The third-order valence-electron chi connectivity index (χ3n) is 4.31. The zero-order valence-electron chi connectivity index (χ0n) is 14.4. The van der Waals surface area contributed by atoms with E-state index in [1.165, 1.54) is 16.9 Å². The summed E-state index contributed by atoms with van der Waals surface area (Å²) in [6.45, 7) is 1.25. The number of halogens is 3. The molecule has 1 N–H and O–H groups in total. The summed E-state index contributed by atoms with van der Waals surface area (Å²) < 4.78 is 39.4. The van der Waals surface area contributed by atoms with E-state index in [0.29, 0.717) is 31.0 Å². The Morgan fingerprint density at radius 3 is 2.46 bits per heavy atom. The second-order valence-electron chi connectivity index (χ2n) is 6.31. The van der Waals surface area contributed by atoms with E-state index >= 15 is 0 Å². The van der Waals surface area contributed by atoms with Gasteiger partial charge in [0.2, 0.25) is 0 Å². The van der Waals surface area contributed by atoms with Crippen molar-refractivity contribution < 1.29 is 18.0 Å². The lowest BCUT2D eigenvalue weighted by Gasteiger charge is -2.38. The number of aromatic nitrogens is 6. The minimum Gasteiger partial charge on any atom is -0.320 e. The lowest BCUT2D eigenvalue weighted by Crippen LogP contribution is -2.52. The van der Waals surface area contributed by atoms with E-state index in [2.05, 4.69) is 25.8 Å². The van der Waals surface area contributed by atoms with Gasteiger partial charge < -0.3 is 10.2 Å². The first-order chi connectivity index (χ1) is 13.4. The summed E-state index contributed by atoms with van der Waals surface area (Å²) in [5, 5.41) is 18.7. The summed E-state index contributed by atoms with van der Waals surface area (Å²) in [5.41, 5.74) is 0.238. The molecule has 0 spiro atoms. The topological polar surface area (TPSA) is 93.8 Å². The SMILES string of the molecule is O=C(Nc1ccc(C(F)(F)F)cc1)N1CC(n2cc(Cn3nccn3)nn2)C1. The summed E-state index contributed by atoms with van der Waals surface area (Å²) in [6, 6.07) is 3.93. The Bertz CT molecular complexity index is 945. The molecule has 3 aromatic rings. The van der Waals surface area contributed by atoms with E-state index in [9.17, 15) is 18.0 Å². The van der Waals surface area contributed by atoms with Crippen molar-refractivity contribution in [3.05, 3.63) is 54.1 Å². The zero-order chi connectivity index (χ0) is 19.7. The number of nitrogens with one attached hydrogen (secondary N) is 1. The van der Waals surface area contributed by atoms with E-state index < -0.39 is 11.7 Å². The van der Waals surface area contributed by atoms with Crippen molar-refractivity contribution in [2.45, 2.75) is 18.8 Å². The molecule has 1 saturated heterocycles. The molecule has 28 heavy (non-hydrogen) atoms. The first kappa shape index (κ1) is 17.9. The fourth-order valence-electron chi connectivity index (χ4n) is 2.77. The average molecular weight is 392 g/mol. The molecular formula is C16H15F3N8O. The van der Waals surface area contributed by atoms with Crippen molar-refractivity contribution in [1.29, 1.82) is 0 Å². The van der Waals surface area contributed by atoms with Gasteiger partial charge in [-0.15, -0.1) is 5.10 Å². The molecule has 0 unspecified atom stereocenters. The van der Waals surface area contributed by atoms with Crippen LogP contribution in [0.15, 0.2) is 42.9 Å². The molecule has 3 heterocycles. The van der Waals surface area contributed by atoms with Crippen molar-refractivity contribution in [3.8, 4) is 0 Å². The molecule has 1 aromatic carbocycles. The predicted octanol–water partition coefficient (Wildman–Crippen LogP) is 2.03. The highest BCUT2D eigenvalue weighted by Crippen LogP contribution is 2.30. The second-order valence-corrected chi connectivity index (χ2v) is 6.31. The zero-order valence-corrected chi connectivity index (χ0v) is 14.4. The number of rotatable bonds is 4. The molecule has 0 atom stereocenters. The molecule has 0 radical (unpaired) electrons. The highest BCUT2D eigenvalue weighted by molar-refractivity contribution is 5.89. The molecule has 12 heteroatoms. The Hall–Kier alpha value is -3.44. The lowest BCUT2D eigenvalue weighted by molar-refractivity contribution is -0.137. The van der Waals surface area contributed by atoms with Crippen LogP contribution in [0.25, 0.3) is 0 Å². The Kier molecular flexibility index (Phi) is 4.45. The van der Waals surface area contributed by atoms with Crippen molar-refractivity contribution >= 4 is 11.7 Å². The van der Waals surface area contributed by atoms with Crippen LogP contribution in [0.4, 0.5) is 23.7 Å². The summed E-state index contributed by atoms with van der Waals surface area (Å²) >= 11 is 0. The molecule has 1 fully saturated rings. The number of hydrogen-bond donors (Lipinski definition) is 1. The summed E-state index contributed by atoms with van der Waals surface area (Å²) in [5.74, 6) is 0. The van der Waals surface area contributed by atoms with Crippen molar-refractivity contribution in [3.63, 3.8) is 0 Å². The van der Waals surface area contributed by atoms with Gasteiger partial charge in [-0.3, -0.25) is 0 Å². The summed E-state index contributed by atoms with van der Waals surface area (Å²) in [6.07, 6.45) is 0.517. The van der Waals surface area contributed by atoms with Gasteiger partial charge in [0.05, 0.1) is 30.2 Å². The Labute approximate surface area is 156 Å². The molecule has 2 aromatic heterocycles. The Morgan fingerprint density at radius 1 is 1.14 bits per heavy atom. The van der Waals surface area contributed by atoms with Gasteiger partial charge in [-0.1, -0.05) is 5.21 Å². The Balaban J connectivity index is 1.29. The van der Waals surface area contributed by atoms with Gasteiger partial charge in [0.25, 0.3) is 0 Å². The minimum atomic E-state index is -4.41. The van der Waals surface area contributed by atoms with Crippen LogP contribution in [0.2, 0.25) is 0 Å². The van der Waals surface area contributed by atoms with Crippen LogP contribution < -0.4 is 5.32 Å². The van der Waals surface area contributed by atoms with Gasteiger partial charge in [0.1, 0.15) is 12.2 Å². The van der Waals surface area contributed by atoms with Gasteiger partial charge in [-0.05, 0) is 24.3 Å². The number of likely N-dealkylation sites (tertiary alicyclic amines) is 1. The highest BCUT2D eigenvalue weighted by Gasteiger charge is 2.33. The van der Waals surface area contributed by atoms with Crippen LogP contribution in [0.1, 0.15) is 17.3 Å². The number of urea groups is 1. The van der Waals surface area contributed by atoms with E-state index in [-0.39, 0.29) is 12.1 Å². The molecule has 0 saturated carbocycles. The standard InChI is InChI=1S/C16H15F3N8O/c17-16(18,19)11-1-3-12(4-2-11)22-15(28)25-9-14(10-25)26-7-13(23-24-26)8-27-20-5-6-21-27/h1-7,14H,8-10H2,(H,22,28). The Morgan fingerprint density at radius 2 is 1.82 bits per heavy atom. The van der Waals surface area contributed by atoms with E-state index in [4.69, 9.17) is 0 Å². The number of carbonyl (C=O) groups excluding carboxylic acids is 1. The number of alkyl halides is 3. The summed E-state index contributed by atoms with van der Waals surface area (Å²) in [7, 11) is 0. The molecule has 9 nitrogen and oxygen atoms in total. The maximum Gasteiger partial charge on any atom is 0.416 e. The van der Waals surface area contributed by atoms with Crippen LogP contribution in [-0.4, -0.2) is 54.0 Å². The van der Waals surface area contributed by atoms with Gasteiger partial charge in [0, 0.05) is 18.8 Å². The molecule has 1 aliphatic heterocycles. The van der Waals surface area contributed by atoms with Crippen LogP contribution >= 0.6 is 0 Å². The van der Waals surface area contributed by atoms with Crippen molar-refractivity contribution in [1.82, 2.24) is 34.9 Å². The first-order valence-corrected chi connectivity index (χ1v) is 8.36. The normalized spacial score (nSPS) is 14.8. The quantitative estimate of drug-likeness (QED) is 0.733. The predicted molar refractivity (Wildman–Crippen MR) is 90.2 cm³/mol. The first-order valence-electron chi connectivity index (χ1n) is 8.36. The van der Waals surface area contributed by atoms with Gasteiger partial charge >= 0.3 is 12.2 Å². The van der Waals surface area contributed by atoms with E-state index in [1.54, 1.807) is 28.2 Å². The van der Waals surface area contributed by atoms with Crippen molar-refractivity contribution in [2.24, 2.45) is 0 Å². The number of carbonyl (C=O) groups is 1. The van der Waals surface area contributed by atoms with Crippen LogP contribution in [-0.2, 0) is 12.7 Å². The van der Waals surface area contributed by atoms with E-state index in [1.807, 2.05) is 0 Å². The molecule has 1 aliphatic rings. The molecule has 146 valence electrons. The largest absolute Gasteiger partial charge is 0.416 e. The molecule has 0 bridgehead atoms. The summed E-state index contributed by atoms with van der Waals surface area (Å²) in [4.78, 5) is 15.2. The maximum absolute atomic E-state index is 12.6. The van der Waals surface area contributed by atoms with E-state index in [0.717, 1.165) is 12.1 Å². The van der Waals surface area contributed by atoms with Gasteiger partial charge in [0.15, 0.2) is 0 Å².